The van der Waals surface area contributed by atoms with Gasteiger partial charge in [0.25, 0.3) is 5.96 Å². The van der Waals surface area contributed by atoms with Gasteiger partial charge in [-0.15, -0.1) is 0 Å². The molecule has 0 bridgehead atoms. The van der Waals surface area contributed by atoms with E-state index in [1.807, 2.05) is 0 Å². The number of nitrogens with zero attached hydrogens (tertiary/aromatic N) is 3. The molecular formula is C31H66N3+. The molecule has 0 saturated heterocycles. The maximum Gasteiger partial charge on any atom is 0.300 e. The van der Waals surface area contributed by atoms with E-state index in [2.05, 4.69) is 46.4 Å². The fourth-order valence-corrected chi connectivity index (χ4v) is 5.14. The van der Waals surface area contributed by atoms with E-state index in [4.69, 9.17) is 4.99 Å². The quantitative estimate of drug-likeness (QED) is 0.0581. The van der Waals surface area contributed by atoms with E-state index in [9.17, 15) is 0 Å². The molecule has 0 aromatic heterocycles. The number of guanidine groups is 1. The number of rotatable bonds is 24. The minimum absolute atomic E-state index is 1.02. The Bertz CT molecular complexity index is 409. The molecule has 0 heterocycles. The molecule has 0 spiro atoms. The third kappa shape index (κ3) is 15.4. The normalized spacial score (nSPS) is 12.5. The van der Waals surface area contributed by atoms with Crippen molar-refractivity contribution in [1.29, 1.82) is 0 Å². The molecule has 3 nitrogen and oxygen atoms in total. The molecule has 0 aromatic rings. The summed E-state index contributed by atoms with van der Waals surface area (Å²) in [5, 5.41) is 0. The summed E-state index contributed by atoms with van der Waals surface area (Å²) >= 11 is 0. The van der Waals surface area contributed by atoms with Gasteiger partial charge >= 0.3 is 0 Å². The Morgan fingerprint density at radius 1 is 0.471 bits per heavy atom. The van der Waals surface area contributed by atoms with Crippen molar-refractivity contribution in [3.8, 4) is 0 Å². The van der Waals surface area contributed by atoms with Crippen LogP contribution < -0.4 is 0 Å². The highest BCUT2D eigenvalue weighted by atomic mass is 15.5. The van der Waals surface area contributed by atoms with Gasteiger partial charge in [-0.05, 0) is 57.8 Å². The summed E-state index contributed by atoms with van der Waals surface area (Å²) in [6.45, 7) is 21.4. The van der Waals surface area contributed by atoms with Gasteiger partial charge in [-0.1, -0.05) is 99.3 Å². The molecule has 204 valence electrons. The van der Waals surface area contributed by atoms with Crippen LogP contribution in [0.3, 0.4) is 0 Å². The maximum atomic E-state index is 5.54. The lowest BCUT2D eigenvalue weighted by Crippen LogP contribution is -2.61. The van der Waals surface area contributed by atoms with Crippen LogP contribution in [-0.4, -0.2) is 54.6 Å². The topological polar surface area (TPSA) is 15.6 Å². The molecule has 34 heavy (non-hydrogen) atoms. The van der Waals surface area contributed by atoms with Gasteiger partial charge in [0, 0.05) is 19.6 Å². The van der Waals surface area contributed by atoms with Gasteiger partial charge in [0.15, 0.2) is 0 Å². The van der Waals surface area contributed by atoms with Crippen molar-refractivity contribution in [2.75, 3.05) is 39.3 Å². The van der Waals surface area contributed by atoms with E-state index in [1.165, 1.54) is 159 Å². The lowest BCUT2D eigenvalue weighted by molar-refractivity contribution is -0.848. The third-order valence-corrected chi connectivity index (χ3v) is 7.35. The predicted octanol–water partition coefficient (Wildman–Crippen LogP) is 9.60. The Hall–Kier alpha value is -0.570. The van der Waals surface area contributed by atoms with Crippen LogP contribution in [0.4, 0.5) is 0 Å². The number of unbranched alkanes of at least 4 members (excludes halogenated alkanes) is 12. The minimum Gasteiger partial charge on any atom is -0.311 e. The maximum absolute atomic E-state index is 5.54. The van der Waals surface area contributed by atoms with E-state index in [0.717, 1.165) is 6.54 Å². The average Bonchev–Trinajstić information content (AvgIpc) is 2.84. The van der Waals surface area contributed by atoms with E-state index < -0.39 is 0 Å². The molecule has 0 aliphatic heterocycles. The van der Waals surface area contributed by atoms with Crippen LogP contribution in [0.5, 0.6) is 0 Å². The number of hydrogen-bond donors (Lipinski definition) is 0. The van der Waals surface area contributed by atoms with Crippen LogP contribution in [0, 0.1) is 0 Å². The molecule has 0 aromatic carbocycles. The monoisotopic (exact) mass is 481 g/mol. The van der Waals surface area contributed by atoms with Crippen LogP contribution in [0.1, 0.15) is 157 Å². The highest BCUT2D eigenvalue weighted by molar-refractivity contribution is 5.73. The molecule has 0 fully saturated rings. The van der Waals surface area contributed by atoms with Crippen LogP contribution in [0.25, 0.3) is 0 Å². The van der Waals surface area contributed by atoms with Crippen molar-refractivity contribution in [3.05, 3.63) is 0 Å². The second kappa shape index (κ2) is 24.1. The molecule has 3 heteroatoms. The second-order valence-electron chi connectivity index (χ2n) is 10.7. The second-order valence-corrected chi connectivity index (χ2v) is 10.7. The van der Waals surface area contributed by atoms with Crippen molar-refractivity contribution in [2.24, 2.45) is 4.99 Å². The van der Waals surface area contributed by atoms with E-state index in [0.29, 0.717) is 0 Å². The SMILES string of the molecule is CCCCC/N=C(\N(CCCCC)CCCCC)[N+](CCCCC)(CCCCC)CCCCC. The molecule has 0 saturated carbocycles. The zero-order valence-electron chi connectivity index (χ0n) is 24.8. The Kier molecular flexibility index (Phi) is 23.7. The van der Waals surface area contributed by atoms with Crippen LogP contribution in [-0.2, 0) is 0 Å². The van der Waals surface area contributed by atoms with Gasteiger partial charge in [0.1, 0.15) is 0 Å². The summed E-state index contributed by atoms with van der Waals surface area (Å²) in [5.74, 6) is 1.49. The Morgan fingerprint density at radius 2 is 0.824 bits per heavy atom. The van der Waals surface area contributed by atoms with Crippen LogP contribution in [0.2, 0.25) is 0 Å². The molecule has 0 N–H and O–H groups in total. The van der Waals surface area contributed by atoms with Gasteiger partial charge in [0.05, 0.1) is 19.6 Å². The van der Waals surface area contributed by atoms with Crippen molar-refractivity contribution >= 4 is 5.96 Å². The fraction of sp³-hybridized carbons (Fsp3) is 0.968. The summed E-state index contributed by atoms with van der Waals surface area (Å²) in [7, 11) is 0. The molecule has 0 rings (SSSR count). The summed E-state index contributed by atoms with van der Waals surface area (Å²) < 4.78 is 1.17. The number of quaternary nitrogens is 1. The molecule has 0 aliphatic carbocycles. The lowest BCUT2D eigenvalue weighted by Gasteiger charge is -2.43. The molecule has 0 aliphatic rings. The van der Waals surface area contributed by atoms with Gasteiger partial charge < -0.3 is 4.90 Å². The van der Waals surface area contributed by atoms with E-state index in [-0.39, 0.29) is 0 Å². The third-order valence-electron chi connectivity index (χ3n) is 7.35. The van der Waals surface area contributed by atoms with Gasteiger partial charge in [-0.3, -0.25) is 4.48 Å². The van der Waals surface area contributed by atoms with Crippen molar-refractivity contribution in [2.45, 2.75) is 157 Å². The Morgan fingerprint density at radius 3 is 1.21 bits per heavy atom. The summed E-state index contributed by atoms with van der Waals surface area (Å²) in [6.07, 6.45) is 23.8. The zero-order chi connectivity index (χ0) is 25.3. The number of hydrogen-bond acceptors (Lipinski definition) is 1. The standard InChI is InChI=1S/C31H66N3/c1-7-13-19-25-32-31(33(26-20-14-8-2)27-21-15-9-3)34(28-22-16-10-4,29-23-17-11-5)30-24-18-12-6/h7-30H2,1-6H3/q+1/b32-31+. The summed E-state index contributed by atoms with van der Waals surface area (Å²) in [6, 6.07) is 0. The molecule has 0 radical (unpaired) electrons. The summed E-state index contributed by atoms with van der Waals surface area (Å²) in [4.78, 5) is 8.34. The van der Waals surface area contributed by atoms with E-state index >= 15 is 0 Å². The van der Waals surface area contributed by atoms with Gasteiger partial charge in [0.2, 0.25) is 0 Å². The molecular weight excluding hydrogens is 414 g/mol. The fourth-order valence-electron chi connectivity index (χ4n) is 5.14. The van der Waals surface area contributed by atoms with Gasteiger partial charge in [-0.2, -0.15) is 0 Å². The van der Waals surface area contributed by atoms with Crippen molar-refractivity contribution < 1.29 is 4.48 Å². The predicted molar refractivity (Wildman–Crippen MR) is 156 cm³/mol. The smallest absolute Gasteiger partial charge is 0.300 e. The highest BCUT2D eigenvalue weighted by Gasteiger charge is 2.36. The first kappa shape index (κ1) is 33.4. The van der Waals surface area contributed by atoms with Crippen LogP contribution in [0.15, 0.2) is 4.99 Å². The Labute approximate surface area is 216 Å². The Balaban J connectivity index is 6.18. The first-order chi connectivity index (χ1) is 16.7. The molecule has 0 atom stereocenters. The zero-order valence-corrected chi connectivity index (χ0v) is 24.8. The van der Waals surface area contributed by atoms with E-state index in [1.54, 1.807) is 0 Å². The average molecular weight is 481 g/mol. The minimum atomic E-state index is 1.02. The highest BCUT2D eigenvalue weighted by Crippen LogP contribution is 2.22. The largest absolute Gasteiger partial charge is 0.311 e. The van der Waals surface area contributed by atoms with Crippen LogP contribution >= 0.6 is 0 Å². The molecule has 0 unspecified atom stereocenters. The van der Waals surface area contributed by atoms with Crippen molar-refractivity contribution in [3.63, 3.8) is 0 Å². The molecule has 0 amide bonds. The summed E-state index contributed by atoms with van der Waals surface area (Å²) in [5.41, 5.74) is 0. The lowest BCUT2D eigenvalue weighted by atomic mass is 10.1. The first-order valence-corrected chi connectivity index (χ1v) is 15.8. The number of aliphatic imine (C=N–C) groups is 1. The van der Waals surface area contributed by atoms with Gasteiger partial charge in [-0.25, -0.2) is 4.99 Å². The first-order valence-electron chi connectivity index (χ1n) is 15.8. The van der Waals surface area contributed by atoms with Crippen molar-refractivity contribution in [1.82, 2.24) is 4.90 Å².